The summed E-state index contributed by atoms with van der Waals surface area (Å²) in [7, 11) is 0. The fourth-order valence-corrected chi connectivity index (χ4v) is 3.83. The summed E-state index contributed by atoms with van der Waals surface area (Å²) >= 11 is 5.92. The van der Waals surface area contributed by atoms with Gasteiger partial charge in [-0.15, -0.1) is 0 Å². The number of likely N-dealkylation sites (tertiary alicyclic amines) is 1. The van der Waals surface area contributed by atoms with Crippen LogP contribution in [0.3, 0.4) is 0 Å². The first-order valence-electron chi connectivity index (χ1n) is 9.93. The van der Waals surface area contributed by atoms with Gasteiger partial charge >= 0.3 is 0 Å². The molecule has 0 radical (unpaired) electrons. The monoisotopic (exact) mass is 416 g/mol. The van der Waals surface area contributed by atoms with Gasteiger partial charge in [-0.3, -0.25) is 9.59 Å². The molecular weight excluding hydrogens is 391 g/mol. The van der Waals surface area contributed by atoms with Crippen molar-refractivity contribution in [1.29, 1.82) is 0 Å². The number of nitrogens with one attached hydrogen (secondary N) is 1. The van der Waals surface area contributed by atoms with E-state index in [0.717, 1.165) is 12.0 Å². The second kappa shape index (κ2) is 9.40. The molecule has 2 amide bonds. The van der Waals surface area contributed by atoms with Crippen LogP contribution < -0.4 is 5.32 Å². The molecule has 0 saturated carbocycles. The van der Waals surface area contributed by atoms with Crippen molar-refractivity contribution in [1.82, 2.24) is 10.2 Å². The number of halogens is 2. The normalized spacial score (nSPS) is 18.9. The van der Waals surface area contributed by atoms with Crippen LogP contribution in [0.1, 0.15) is 42.1 Å². The topological polar surface area (TPSA) is 49.4 Å². The lowest BCUT2D eigenvalue weighted by Gasteiger charge is -2.18. The van der Waals surface area contributed by atoms with Crippen LogP contribution >= 0.6 is 11.6 Å². The van der Waals surface area contributed by atoms with Crippen LogP contribution in [-0.2, 0) is 4.79 Å². The van der Waals surface area contributed by atoms with Gasteiger partial charge in [-0.05, 0) is 54.3 Å². The molecule has 2 aromatic carbocycles. The molecule has 2 aromatic rings. The van der Waals surface area contributed by atoms with E-state index in [4.69, 9.17) is 11.6 Å². The predicted octanol–water partition coefficient (Wildman–Crippen LogP) is 4.50. The predicted molar refractivity (Wildman–Crippen MR) is 112 cm³/mol. The smallest absolute Gasteiger partial charge is 0.253 e. The highest BCUT2D eigenvalue weighted by atomic mass is 35.5. The molecule has 3 rings (SSSR count). The number of rotatable bonds is 6. The van der Waals surface area contributed by atoms with Crippen molar-refractivity contribution in [2.24, 2.45) is 11.8 Å². The number of amides is 2. The highest BCUT2D eigenvalue weighted by molar-refractivity contribution is 6.30. The first-order valence-corrected chi connectivity index (χ1v) is 10.3. The standard InChI is InChI=1S/C23H26ClFN2O2/c1-15(2)10-11-26-22(28)21-14-27(23(29)16-6-8-18(24)9-7-16)13-20(21)17-4-3-5-19(25)12-17/h3-9,12,15,20-21H,10-11,13-14H2,1-2H3,(H,26,28)/t20-,21+/m1/s1. The van der Waals surface area contributed by atoms with Gasteiger partial charge in [-0.2, -0.15) is 0 Å². The Kier molecular flexibility index (Phi) is 6.91. The van der Waals surface area contributed by atoms with Crippen molar-refractivity contribution in [3.05, 3.63) is 70.5 Å². The van der Waals surface area contributed by atoms with Crippen LogP contribution in [0, 0.1) is 17.7 Å². The fourth-order valence-electron chi connectivity index (χ4n) is 3.70. The number of hydrogen-bond acceptors (Lipinski definition) is 2. The molecule has 4 nitrogen and oxygen atoms in total. The minimum Gasteiger partial charge on any atom is -0.356 e. The first-order chi connectivity index (χ1) is 13.8. The van der Waals surface area contributed by atoms with Gasteiger partial charge in [0, 0.05) is 36.1 Å². The average Bonchev–Trinajstić information content (AvgIpc) is 3.13. The zero-order valence-electron chi connectivity index (χ0n) is 16.7. The van der Waals surface area contributed by atoms with E-state index >= 15 is 0 Å². The van der Waals surface area contributed by atoms with Crippen LogP contribution in [0.2, 0.25) is 5.02 Å². The molecular formula is C23H26ClFN2O2. The third kappa shape index (κ3) is 5.36. The molecule has 1 aliphatic rings. The average molecular weight is 417 g/mol. The summed E-state index contributed by atoms with van der Waals surface area (Å²) in [5.74, 6) is -0.766. The summed E-state index contributed by atoms with van der Waals surface area (Å²) in [5, 5.41) is 3.55. The molecule has 0 aromatic heterocycles. The molecule has 1 fully saturated rings. The number of hydrogen-bond donors (Lipinski definition) is 1. The molecule has 6 heteroatoms. The van der Waals surface area contributed by atoms with E-state index in [1.807, 2.05) is 6.07 Å². The zero-order chi connectivity index (χ0) is 21.0. The highest BCUT2D eigenvalue weighted by Gasteiger charge is 2.40. The Morgan fingerprint density at radius 2 is 1.90 bits per heavy atom. The van der Waals surface area contributed by atoms with E-state index in [2.05, 4.69) is 19.2 Å². The molecule has 1 aliphatic heterocycles. The zero-order valence-corrected chi connectivity index (χ0v) is 17.5. The number of carbonyl (C=O) groups excluding carboxylic acids is 2. The third-order valence-electron chi connectivity index (χ3n) is 5.33. The van der Waals surface area contributed by atoms with Gasteiger partial charge in [-0.25, -0.2) is 4.39 Å². The summed E-state index contributed by atoms with van der Waals surface area (Å²) < 4.78 is 13.8. The molecule has 0 spiro atoms. The van der Waals surface area contributed by atoms with Gasteiger partial charge in [0.05, 0.1) is 5.92 Å². The van der Waals surface area contributed by atoms with Crippen LogP contribution in [0.5, 0.6) is 0 Å². The van der Waals surface area contributed by atoms with Crippen LogP contribution in [0.4, 0.5) is 4.39 Å². The molecule has 1 heterocycles. The van der Waals surface area contributed by atoms with Crippen molar-refractivity contribution in [3.63, 3.8) is 0 Å². The first kappa shape index (κ1) is 21.3. The minimum absolute atomic E-state index is 0.0914. The maximum atomic E-state index is 13.8. The lowest BCUT2D eigenvalue weighted by molar-refractivity contribution is -0.124. The molecule has 2 atom stereocenters. The van der Waals surface area contributed by atoms with Gasteiger partial charge < -0.3 is 10.2 Å². The minimum atomic E-state index is -0.416. The fraction of sp³-hybridized carbons (Fsp3) is 0.391. The summed E-state index contributed by atoms with van der Waals surface area (Å²) in [6.45, 7) is 5.46. The van der Waals surface area contributed by atoms with Gasteiger partial charge in [-0.1, -0.05) is 37.6 Å². The van der Waals surface area contributed by atoms with E-state index in [0.29, 0.717) is 36.1 Å². The second-order valence-electron chi connectivity index (χ2n) is 7.96. The van der Waals surface area contributed by atoms with E-state index in [1.54, 1.807) is 35.2 Å². The van der Waals surface area contributed by atoms with Gasteiger partial charge in [0.25, 0.3) is 5.91 Å². The number of benzene rings is 2. The van der Waals surface area contributed by atoms with Gasteiger partial charge in [0.15, 0.2) is 0 Å². The summed E-state index contributed by atoms with van der Waals surface area (Å²) in [6.07, 6.45) is 0.885. The molecule has 1 saturated heterocycles. The number of nitrogens with zero attached hydrogens (tertiary/aromatic N) is 1. The molecule has 29 heavy (non-hydrogen) atoms. The maximum absolute atomic E-state index is 13.8. The van der Waals surface area contributed by atoms with Gasteiger partial charge in [0.1, 0.15) is 5.82 Å². The van der Waals surface area contributed by atoms with Crippen molar-refractivity contribution >= 4 is 23.4 Å². The maximum Gasteiger partial charge on any atom is 0.253 e. The Bertz CT molecular complexity index is 869. The quantitative estimate of drug-likeness (QED) is 0.753. The van der Waals surface area contributed by atoms with Crippen molar-refractivity contribution in [2.45, 2.75) is 26.2 Å². The second-order valence-corrected chi connectivity index (χ2v) is 8.40. The third-order valence-corrected chi connectivity index (χ3v) is 5.58. The SMILES string of the molecule is CC(C)CCNC(=O)[C@H]1CN(C(=O)c2ccc(Cl)cc2)C[C@@H]1c1cccc(F)c1. The van der Waals surface area contributed by atoms with Crippen LogP contribution in [0.25, 0.3) is 0 Å². The largest absolute Gasteiger partial charge is 0.356 e. The molecule has 154 valence electrons. The van der Waals surface area contributed by atoms with E-state index in [1.165, 1.54) is 12.1 Å². The Morgan fingerprint density at radius 1 is 1.17 bits per heavy atom. The lowest BCUT2D eigenvalue weighted by atomic mass is 9.88. The van der Waals surface area contributed by atoms with Crippen LogP contribution in [-0.4, -0.2) is 36.3 Å². The Labute approximate surface area is 176 Å². The molecule has 0 unspecified atom stereocenters. The van der Waals surface area contributed by atoms with Crippen LogP contribution in [0.15, 0.2) is 48.5 Å². The Hall–Kier alpha value is -2.40. The van der Waals surface area contributed by atoms with Gasteiger partial charge in [0.2, 0.25) is 5.91 Å². The highest BCUT2D eigenvalue weighted by Crippen LogP contribution is 2.34. The van der Waals surface area contributed by atoms with Crippen molar-refractivity contribution in [2.75, 3.05) is 19.6 Å². The number of carbonyl (C=O) groups is 2. The van der Waals surface area contributed by atoms with Crippen molar-refractivity contribution in [3.8, 4) is 0 Å². The molecule has 1 N–H and O–H groups in total. The van der Waals surface area contributed by atoms with E-state index < -0.39 is 5.92 Å². The Morgan fingerprint density at radius 3 is 2.55 bits per heavy atom. The molecule has 0 aliphatic carbocycles. The summed E-state index contributed by atoms with van der Waals surface area (Å²) in [5.41, 5.74) is 1.26. The van der Waals surface area contributed by atoms with Crippen molar-refractivity contribution < 1.29 is 14.0 Å². The van der Waals surface area contributed by atoms with E-state index in [9.17, 15) is 14.0 Å². The summed E-state index contributed by atoms with van der Waals surface area (Å²) in [6, 6.07) is 13.0. The lowest BCUT2D eigenvalue weighted by Crippen LogP contribution is -2.36. The van der Waals surface area contributed by atoms with E-state index in [-0.39, 0.29) is 23.5 Å². The summed E-state index contributed by atoms with van der Waals surface area (Å²) in [4.78, 5) is 27.5. The molecule has 0 bridgehead atoms. The Balaban J connectivity index is 1.80.